The predicted octanol–water partition coefficient (Wildman–Crippen LogP) is 3.62. The van der Waals surface area contributed by atoms with Crippen LogP contribution in [0.5, 0.6) is 0 Å². The lowest BCUT2D eigenvalue weighted by Crippen LogP contribution is -2.68. The standard InChI is InChI=1S/C20H16F4N2O2/c21-16-9-14(5-6-15(16)20(22,23)24)12-1-3-13(4-2-12)18(28)26-10-19(11-26)8-7-17(27)25-19/h1-6,9H,7-8,10-11H2,(H,25,27). The van der Waals surface area contributed by atoms with Crippen LogP contribution in [0.3, 0.4) is 0 Å². The lowest BCUT2D eigenvalue weighted by atomic mass is 9.87. The lowest BCUT2D eigenvalue weighted by molar-refractivity contribution is -0.140. The smallest absolute Gasteiger partial charge is 0.347 e. The third-order valence-corrected chi connectivity index (χ3v) is 5.25. The number of halogens is 4. The van der Waals surface area contributed by atoms with Gasteiger partial charge in [0, 0.05) is 25.1 Å². The van der Waals surface area contributed by atoms with Crippen LogP contribution in [0, 0.1) is 5.82 Å². The molecule has 0 saturated carbocycles. The van der Waals surface area contributed by atoms with Gasteiger partial charge in [0.25, 0.3) is 5.91 Å². The number of hydrogen-bond acceptors (Lipinski definition) is 2. The van der Waals surface area contributed by atoms with Gasteiger partial charge in [-0.1, -0.05) is 18.2 Å². The van der Waals surface area contributed by atoms with Crippen molar-refractivity contribution in [3.8, 4) is 11.1 Å². The summed E-state index contributed by atoms with van der Waals surface area (Å²) in [6, 6.07) is 9.01. The summed E-state index contributed by atoms with van der Waals surface area (Å²) >= 11 is 0. The average Bonchev–Trinajstić information content (AvgIpc) is 3.01. The van der Waals surface area contributed by atoms with Gasteiger partial charge in [-0.15, -0.1) is 0 Å². The van der Waals surface area contributed by atoms with Crippen LogP contribution < -0.4 is 5.32 Å². The van der Waals surface area contributed by atoms with Gasteiger partial charge in [-0.3, -0.25) is 9.59 Å². The molecule has 0 bridgehead atoms. The molecule has 4 nitrogen and oxygen atoms in total. The maximum atomic E-state index is 13.8. The van der Waals surface area contributed by atoms with E-state index in [1.54, 1.807) is 29.2 Å². The van der Waals surface area contributed by atoms with Gasteiger partial charge in [-0.25, -0.2) is 4.39 Å². The van der Waals surface area contributed by atoms with E-state index in [0.29, 0.717) is 48.7 Å². The maximum absolute atomic E-state index is 13.8. The van der Waals surface area contributed by atoms with Crippen molar-refractivity contribution in [2.45, 2.75) is 24.6 Å². The minimum absolute atomic E-state index is 0.000209. The molecule has 0 unspecified atom stereocenters. The van der Waals surface area contributed by atoms with Gasteiger partial charge < -0.3 is 10.2 Å². The van der Waals surface area contributed by atoms with Crippen molar-refractivity contribution in [3.05, 3.63) is 59.4 Å². The largest absolute Gasteiger partial charge is 0.419 e. The molecular weight excluding hydrogens is 376 g/mol. The molecule has 2 fully saturated rings. The van der Waals surface area contributed by atoms with Crippen molar-refractivity contribution >= 4 is 11.8 Å². The Balaban J connectivity index is 1.47. The Bertz CT molecular complexity index is 948. The number of nitrogens with zero attached hydrogens (tertiary/aromatic N) is 1. The van der Waals surface area contributed by atoms with Gasteiger partial charge in [0.2, 0.25) is 5.91 Å². The Morgan fingerprint density at radius 1 is 1.04 bits per heavy atom. The van der Waals surface area contributed by atoms with Gasteiger partial charge in [0.05, 0.1) is 11.1 Å². The Kier molecular flexibility index (Phi) is 4.17. The summed E-state index contributed by atoms with van der Waals surface area (Å²) in [7, 11) is 0. The van der Waals surface area contributed by atoms with Crippen molar-refractivity contribution in [2.75, 3.05) is 13.1 Å². The number of nitrogens with one attached hydrogen (secondary N) is 1. The average molecular weight is 392 g/mol. The molecule has 2 aromatic carbocycles. The molecule has 146 valence electrons. The van der Waals surface area contributed by atoms with E-state index in [1.807, 2.05) is 0 Å². The van der Waals surface area contributed by atoms with Crippen LogP contribution in [0.4, 0.5) is 17.6 Å². The van der Waals surface area contributed by atoms with Crippen LogP contribution in [-0.4, -0.2) is 35.3 Å². The van der Waals surface area contributed by atoms with Crippen molar-refractivity contribution in [1.82, 2.24) is 10.2 Å². The second-order valence-electron chi connectivity index (χ2n) is 7.26. The van der Waals surface area contributed by atoms with Gasteiger partial charge in [0.1, 0.15) is 5.82 Å². The first-order chi connectivity index (χ1) is 13.2. The number of rotatable bonds is 2. The Hall–Kier alpha value is -2.90. The molecule has 2 aromatic rings. The van der Waals surface area contributed by atoms with E-state index in [1.165, 1.54) is 6.07 Å². The minimum atomic E-state index is -4.74. The third kappa shape index (κ3) is 3.23. The molecular formula is C20H16F4N2O2. The first-order valence-corrected chi connectivity index (χ1v) is 8.74. The van der Waals surface area contributed by atoms with E-state index in [9.17, 15) is 27.2 Å². The molecule has 2 saturated heterocycles. The topological polar surface area (TPSA) is 49.4 Å². The molecule has 0 aliphatic carbocycles. The molecule has 0 atom stereocenters. The fraction of sp³-hybridized carbons (Fsp3) is 0.300. The number of alkyl halides is 3. The number of hydrogen-bond donors (Lipinski definition) is 1. The quantitative estimate of drug-likeness (QED) is 0.794. The second-order valence-corrected chi connectivity index (χ2v) is 7.26. The molecule has 2 heterocycles. The summed E-state index contributed by atoms with van der Waals surface area (Å²) in [5, 5.41) is 2.91. The fourth-order valence-electron chi connectivity index (χ4n) is 3.75. The van der Waals surface area contributed by atoms with Crippen molar-refractivity contribution in [3.63, 3.8) is 0 Å². The molecule has 8 heteroatoms. The van der Waals surface area contributed by atoms with E-state index in [4.69, 9.17) is 0 Å². The SMILES string of the molecule is O=C1CCC2(CN(C(=O)c3ccc(-c4ccc(C(F)(F)F)c(F)c4)cc3)C2)N1. The van der Waals surface area contributed by atoms with Crippen LogP contribution in [0.2, 0.25) is 0 Å². The number of carbonyl (C=O) groups excluding carboxylic acids is 2. The van der Waals surface area contributed by atoms with Gasteiger partial charge in [-0.2, -0.15) is 13.2 Å². The minimum Gasteiger partial charge on any atom is -0.347 e. The van der Waals surface area contributed by atoms with E-state index in [2.05, 4.69) is 5.32 Å². The molecule has 1 N–H and O–H groups in total. The van der Waals surface area contributed by atoms with Gasteiger partial charge in [0.15, 0.2) is 0 Å². The van der Waals surface area contributed by atoms with Crippen molar-refractivity contribution in [2.24, 2.45) is 0 Å². The van der Waals surface area contributed by atoms with E-state index >= 15 is 0 Å². The van der Waals surface area contributed by atoms with E-state index in [-0.39, 0.29) is 17.4 Å². The monoisotopic (exact) mass is 392 g/mol. The summed E-state index contributed by atoms with van der Waals surface area (Å²) in [5.74, 6) is -1.52. The number of benzene rings is 2. The highest BCUT2D eigenvalue weighted by Gasteiger charge is 2.49. The van der Waals surface area contributed by atoms with E-state index < -0.39 is 17.6 Å². The Morgan fingerprint density at radius 3 is 2.21 bits per heavy atom. The highest BCUT2D eigenvalue weighted by Crippen LogP contribution is 2.34. The second kappa shape index (κ2) is 6.32. The van der Waals surface area contributed by atoms with Crippen LogP contribution in [0.25, 0.3) is 11.1 Å². The van der Waals surface area contributed by atoms with Crippen LogP contribution in [-0.2, 0) is 11.0 Å². The zero-order valence-corrected chi connectivity index (χ0v) is 14.6. The highest BCUT2D eigenvalue weighted by atomic mass is 19.4. The molecule has 28 heavy (non-hydrogen) atoms. The number of carbonyl (C=O) groups is 2. The first kappa shape index (κ1) is 18.5. The molecule has 4 rings (SSSR count). The van der Waals surface area contributed by atoms with Crippen LogP contribution >= 0.6 is 0 Å². The summed E-state index contributed by atoms with van der Waals surface area (Å²) in [6.45, 7) is 0.923. The van der Waals surface area contributed by atoms with E-state index in [0.717, 1.165) is 6.07 Å². The molecule has 2 aliphatic heterocycles. The van der Waals surface area contributed by atoms with Crippen LogP contribution in [0.1, 0.15) is 28.8 Å². The maximum Gasteiger partial charge on any atom is 0.419 e. The molecule has 0 aromatic heterocycles. The summed E-state index contributed by atoms with van der Waals surface area (Å²) < 4.78 is 51.8. The molecule has 2 aliphatic rings. The van der Waals surface area contributed by atoms with Crippen molar-refractivity contribution in [1.29, 1.82) is 0 Å². The fourth-order valence-corrected chi connectivity index (χ4v) is 3.75. The number of amides is 2. The van der Waals surface area contributed by atoms with Crippen molar-refractivity contribution < 1.29 is 27.2 Å². The first-order valence-electron chi connectivity index (χ1n) is 8.74. The van der Waals surface area contributed by atoms with Gasteiger partial charge >= 0.3 is 6.18 Å². The van der Waals surface area contributed by atoms with Crippen LogP contribution in [0.15, 0.2) is 42.5 Å². The van der Waals surface area contributed by atoms with Gasteiger partial charge in [-0.05, 0) is 41.8 Å². The summed E-state index contributed by atoms with van der Waals surface area (Å²) in [5.41, 5.74) is -0.387. The normalized spacial score (nSPS) is 18.1. The Morgan fingerprint density at radius 2 is 1.68 bits per heavy atom. The number of likely N-dealkylation sites (tertiary alicyclic amines) is 1. The molecule has 2 amide bonds. The lowest BCUT2D eigenvalue weighted by Gasteiger charge is -2.47. The summed E-state index contributed by atoms with van der Waals surface area (Å²) in [4.78, 5) is 25.5. The zero-order chi connectivity index (χ0) is 20.1. The third-order valence-electron chi connectivity index (χ3n) is 5.25. The zero-order valence-electron chi connectivity index (χ0n) is 14.6. The summed E-state index contributed by atoms with van der Waals surface area (Å²) in [6.07, 6.45) is -3.55. The molecule has 0 radical (unpaired) electrons. The molecule has 1 spiro atoms. The highest BCUT2D eigenvalue weighted by molar-refractivity contribution is 5.96. The Labute approximate surface area is 158 Å². The predicted molar refractivity (Wildman–Crippen MR) is 92.8 cm³/mol.